The largest absolute Gasteiger partial charge is 3.00 e. The minimum absolute atomic E-state index is 0. The van der Waals surface area contributed by atoms with Crippen LogP contribution in [0.2, 0.25) is 0 Å². The van der Waals surface area contributed by atoms with Gasteiger partial charge in [-0.3, -0.25) is 4.70 Å². The molecule has 0 aromatic rings. The van der Waals surface area contributed by atoms with Crippen molar-refractivity contribution in [3.8, 4) is 0 Å². The Morgan fingerprint density at radius 2 is 0.500 bits per heavy atom. The molecule has 0 N–H and O–H groups in total. The van der Waals surface area contributed by atoms with Gasteiger partial charge in [0.25, 0.3) is 0 Å². The predicted octanol–water partition coefficient (Wildman–Crippen LogP) is -11.0. The van der Waals surface area contributed by atoms with Gasteiger partial charge in [-0.05, 0) is 0 Å². The topological polar surface area (TPSA) is 0 Å². The third kappa shape index (κ3) is 29.5. The number of halogens is 1. The van der Waals surface area contributed by atoms with Crippen molar-refractivity contribution in [2.75, 3.05) is 0 Å². The molecule has 0 saturated heterocycles. The van der Waals surface area contributed by atoms with E-state index in [0.717, 1.165) is 0 Å². The fourth-order valence-electron chi connectivity index (χ4n) is 0. The summed E-state index contributed by atoms with van der Waals surface area (Å²) in [4.78, 5) is 0. The van der Waals surface area contributed by atoms with Crippen molar-refractivity contribution in [3.05, 3.63) is 0 Å². The molecule has 0 amide bonds. The van der Waals surface area contributed by atoms with E-state index in [1.165, 1.54) is 0 Å². The Morgan fingerprint density at radius 1 is 0.500 bits per heavy atom. The molecule has 0 radical (unpaired) electrons. The predicted molar refractivity (Wildman–Crippen MR) is 9.42 cm³/mol. The summed E-state index contributed by atoms with van der Waals surface area (Å²) in [7, 11) is 0. The molecule has 0 aliphatic rings. The molecule has 0 saturated carbocycles. The maximum atomic E-state index is 0. The summed E-state index contributed by atoms with van der Waals surface area (Å²) in [6.07, 6.45) is 0. The van der Waals surface area contributed by atoms with Crippen LogP contribution in [0.15, 0.2) is 0 Å². The van der Waals surface area contributed by atoms with Crippen LogP contribution in [0.3, 0.4) is 0 Å². The third-order valence-electron chi connectivity index (χ3n) is 0. The summed E-state index contributed by atoms with van der Waals surface area (Å²) in [6, 6.07) is 0. The van der Waals surface area contributed by atoms with Gasteiger partial charge in [-0.2, -0.15) is 0 Å². The number of hydrogen-bond donors (Lipinski definition) is 0. The fraction of sp³-hybridized carbons (Fsp3) is 0. The van der Waals surface area contributed by atoms with E-state index in [0.29, 0.717) is 0 Å². The Morgan fingerprint density at radius 3 is 0.500 bits per heavy atom. The summed E-state index contributed by atoms with van der Waals surface area (Å²) >= 11 is 0. The zero-order valence-electron chi connectivity index (χ0n) is 4.86. The van der Waals surface area contributed by atoms with Gasteiger partial charge in [0.2, 0.25) is 0 Å². The van der Waals surface area contributed by atoms with E-state index in [-0.39, 0.29) is 90.0 Å². The van der Waals surface area contributed by atoms with Crippen molar-refractivity contribution in [1.82, 2.24) is 0 Å². The Labute approximate surface area is 89.0 Å². The number of rotatable bonds is 0. The van der Waals surface area contributed by atoms with E-state index in [4.69, 9.17) is 0 Å². The van der Waals surface area contributed by atoms with Crippen molar-refractivity contribution < 1.29 is 80.1 Å². The normalized spacial score (nSPS) is 0. The Kier molecular flexibility index (Phi) is 541. The molecule has 6 heteroatoms. The molecular weight excluding hydrogens is 77.7 g/mol. The van der Waals surface area contributed by atoms with Gasteiger partial charge in [-0.1, -0.05) is 0 Å². The van der Waals surface area contributed by atoms with Crippen LogP contribution in [0.25, 0.3) is 0 Å². The first-order chi connectivity index (χ1) is 0. The van der Waals surface area contributed by atoms with E-state index < -0.39 is 0 Å². The van der Waals surface area contributed by atoms with Crippen molar-refractivity contribution in [1.29, 1.82) is 0 Å². The Balaban J connectivity index is 0. The van der Waals surface area contributed by atoms with Crippen LogP contribution in [-0.4, -0.2) is 0 Å². The second-order valence-corrected chi connectivity index (χ2v) is 0. The van der Waals surface area contributed by atoms with Gasteiger partial charge in [0.15, 0.2) is 0 Å². The Hall–Kier alpha value is 2.75. The van der Waals surface area contributed by atoms with Crippen LogP contribution in [0, 0.1) is 0 Å². The zero-order chi connectivity index (χ0) is 0. The summed E-state index contributed by atoms with van der Waals surface area (Å²) in [5.41, 5.74) is 0. The van der Waals surface area contributed by atoms with E-state index in [1.807, 2.05) is 0 Å². The second-order valence-electron chi connectivity index (χ2n) is 0. The summed E-state index contributed by atoms with van der Waals surface area (Å²) in [5, 5.41) is 0. The van der Waals surface area contributed by atoms with Gasteiger partial charge in [0.05, 0.1) is 0 Å². The van der Waals surface area contributed by atoms with E-state index in [9.17, 15) is 0 Å². The molecule has 0 heterocycles. The molecule has 0 bridgehead atoms. The fourth-order valence-corrected chi connectivity index (χ4v) is 0. The maximum absolute atomic E-state index is 0. The van der Waals surface area contributed by atoms with Gasteiger partial charge in [-0.15, -0.1) is 0 Å². The molecule has 0 spiro atoms. The zero-order valence-corrected chi connectivity index (χ0v) is 5.75. The molecule has 0 nitrogen and oxygen atoms in total. The summed E-state index contributed by atoms with van der Waals surface area (Å²) in [6.45, 7) is 0. The van der Waals surface area contributed by atoms with Gasteiger partial charge in [0, 0.05) is 0 Å². The van der Waals surface area contributed by atoms with Crippen molar-refractivity contribution >= 4 is 9.90 Å². The molecule has 0 aromatic carbocycles. The average Bonchev–Trinajstić information content (AvgIpc) is 0. The number of hydrogen-bond acceptors (Lipinski definition) is 0. The monoisotopic (exact) mass is 79.0 g/mol. The van der Waals surface area contributed by atoms with Gasteiger partial charge in [-0.25, -0.2) is 0 Å². The van der Waals surface area contributed by atoms with Crippen LogP contribution < -0.4 is 75.4 Å². The van der Waals surface area contributed by atoms with Gasteiger partial charge >= 0.3 is 75.4 Å². The minimum Gasteiger partial charge on any atom is -3.00 e. The summed E-state index contributed by atoms with van der Waals surface area (Å²) < 4.78 is 0. The minimum atomic E-state index is 0. The maximum Gasteiger partial charge on any atom is 1.00 e. The summed E-state index contributed by atoms with van der Waals surface area (Å²) in [5.74, 6) is 0. The first-order valence-corrected chi connectivity index (χ1v) is 0. The first-order valence-electron chi connectivity index (χ1n) is 0. The first kappa shape index (κ1) is 69.5. The standard InChI is InChI=1S/FH.4Li.P/h1H;;;;;/q;4*+1;-3. The van der Waals surface area contributed by atoms with E-state index in [1.54, 1.807) is 0 Å². The SMILES string of the molecule is F.[Li+].[Li+].[Li+].[Li+].[P-3]. The van der Waals surface area contributed by atoms with E-state index in [2.05, 4.69) is 0 Å². The molecule has 0 atom stereocenters. The molecule has 6 heavy (non-hydrogen) atoms. The molecule has 0 unspecified atom stereocenters. The van der Waals surface area contributed by atoms with Gasteiger partial charge in [0.1, 0.15) is 0 Å². The van der Waals surface area contributed by atoms with Crippen LogP contribution >= 0.6 is 9.90 Å². The molecule has 0 fully saturated rings. The molecular formula is HFLi4P+. The van der Waals surface area contributed by atoms with Crippen LogP contribution in [0.5, 0.6) is 0 Å². The van der Waals surface area contributed by atoms with Crippen molar-refractivity contribution in [3.63, 3.8) is 0 Å². The molecule has 0 aliphatic carbocycles. The van der Waals surface area contributed by atoms with Crippen LogP contribution in [0.4, 0.5) is 4.70 Å². The molecule has 0 aromatic heterocycles. The van der Waals surface area contributed by atoms with Crippen LogP contribution in [0.1, 0.15) is 0 Å². The van der Waals surface area contributed by atoms with Crippen LogP contribution in [-0.2, 0) is 0 Å². The van der Waals surface area contributed by atoms with Gasteiger partial charge < -0.3 is 9.90 Å². The van der Waals surface area contributed by atoms with Crippen molar-refractivity contribution in [2.24, 2.45) is 0 Å². The van der Waals surface area contributed by atoms with E-state index >= 15 is 0 Å². The quantitative estimate of drug-likeness (QED) is 0.200. The molecule has 0 rings (SSSR count). The molecule has 0 aliphatic heterocycles. The smallest absolute Gasteiger partial charge is 1.00 e. The average molecular weight is 78.7 g/mol. The molecule has 16 valence electrons. The second kappa shape index (κ2) is 46.7. The Bertz CT molecular complexity index is 7.51. The third-order valence-corrected chi connectivity index (χ3v) is 0. The van der Waals surface area contributed by atoms with Crippen molar-refractivity contribution in [2.45, 2.75) is 0 Å².